The molecule has 0 aliphatic carbocycles. The molecular formula is C24H20F6N2O5. The maximum absolute atomic E-state index is 10.6. The summed E-state index contributed by atoms with van der Waals surface area (Å²) in [7, 11) is 0. The van der Waals surface area contributed by atoms with Crippen molar-refractivity contribution in [2.24, 2.45) is 0 Å². The van der Waals surface area contributed by atoms with Crippen LogP contribution in [-0.4, -0.2) is 52.6 Å². The van der Waals surface area contributed by atoms with Crippen LogP contribution in [0, 0.1) is 0 Å². The molecule has 13 heteroatoms. The highest BCUT2D eigenvalue weighted by Gasteiger charge is 2.38. The van der Waals surface area contributed by atoms with Gasteiger partial charge in [0.2, 0.25) is 5.88 Å². The molecule has 1 aliphatic heterocycles. The van der Waals surface area contributed by atoms with Crippen molar-refractivity contribution < 1.29 is 50.9 Å². The molecule has 198 valence electrons. The first kappa shape index (κ1) is 29.1. The second-order valence-electron chi connectivity index (χ2n) is 7.24. The van der Waals surface area contributed by atoms with Crippen molar-refractivity contribution in [2.45, 2.75) is 18.9 Å². The number of alkyl halides is 6. The number of benzene rings is 2. The summed E-state index contributed by atoms with van der Waals surface area (Å²) in [6.45, 7) is 2.33. The zero-order valence-electron chi connectivity index (χ0n) is 18.8. The maximum Gasteiger partial charge on any atom is 0.490 e. The van der Waals surface area contributed by atoms with Crippen molar-refractivity contribution in [2.75, 3.05) is 13.2 Å². The third-order valence-corrected chi connectivity index (χ3v) is 4.52. The van der Waals surface area contributed by atoms with Gasteiger partial charge in [0.05, 0.1) is 5.69 Å². The lowest BCUT2D eigenvalue weighted by atomic mass is 10.0. The smallest absolute Gasteiger partial charge is 0.476 e. The van der Waals surface area contributed by atoms with Crippen LogP contribution >= 0.6 is 0 Å². The van der Waals surface area contributed by atoms with E-state index >= 15 is 0 Å². The number of nitrogens with zero attached hydrogens (tertiary/aromatic N) is 1. The topological polar surface area (TPSA) is 109 Å². The fourth-order valence-corrected chi connectivity index (χ4v) is 2.82. The van der Waals surface area contributed by atoms with Crippen LogP contribution in [0.4, 0.5) is 26.3 Å². The van der Waals surface area contributed by atoms with E-state index in [0.29, 0.717) is 6.61 Å². The molecule has 0 amide bonds. The highest BCUT2D eigenvalue weighted by atomic mass is 19.4. The normalized spacial score (nSPS) is 12.8. The molecule has 1 aliphatic rings. The lowest BCUT2D eigenvalue weighted by molar-refractivity contribution is -0.193. The Morgan fingerprint density at radius 1 is 0.784 bits per heavy atom. The van der Waals surface area contributed by atoms with Gasteiger partial charge in [0.15, 0.2) is 0 Å². The SMILES string of the molecule is O=C(O)C(F)(F)F.O=C(O)C(F)(F)F.c1ccc(-c2cccc(-c3ccc4c(n3)OCCNC4)c2)cc1. The van der Waals surface area contributed by atoms with E-state index in [1.54, 1.807) is 0 Å². The second kappa shape index (κ2) is 12.7. The quantitative estimate of drug-likeness (QED) is 0.393. The summed E-state index contributed by atoms with van der Waals surface area (Å²) >= 11 is 0. The van der Waals surface area contributed by atoms with E-state index < -0.39 is 24.3 Å². The largest absolute Gasteiger partial charge is 0.490 e. The van der Waals surface area contributed by atoms with Crippen LogP contribution in [0.2, 0.25) is 0 Å². The van der Waals surface area contributed by atoms with Gasteiger partial charge in [-0.1, -0.05) is 54.6 Å². The van der Waals surface area contributed by atoms with Crippen LogP contribution < -0.4 is 10.1 Å². The Morgan fingerprint density at radius 2 is 1.32 bits per heavy atom. The number of pyridine rings is 1. The molecule has 2 aromatic carbocycles. The highest BCUT2D eigenvalue weighted by Crippen LogP contribution is 2.28. The Labute approximate surface area is 206 Å². The average molecular weight is 530 g/mol. The number of rotatable bonds is 2. The fourth-order valence-electron chi connectivity index (χ4n) is 2.82. The van der Waals surface area contributed by atoms with Crippen LogP contribution in [-0.2, 0) is 16.1 Å². The molecule has 0 atom stereocenters. The van der Waals surface area contributed by atoms with Crippen LogP contribution in [0.15, 0.2) is 66.7 Å². The van der Waals surface area contributed by atoms with Crippen LogP contribution in [0.1, 0.15) is 5.56 Å². The first-order chi connectivity index (χ1) is 17.3. The van der Waals surface area contributed by atoms with Gasteiger partial charge in [-0.15, -0.1) is 0 Å². The molecule has 0 saturated carbocycles. The standard InChI is InChI=1S/C20H18N2O.2C2HF3O2/c1-2-5-15(6-3-1)16-7-4-8-17(13-16)19-10-9-18-14-21-11-12-23-20(18)22-19;2*3-2(4,5)1(6)7/h1-10,13,21H,11-12,14H2;2*(H,6,7). The van der Waals surface area contributed by atoms with Gasteiger partial charge in [-0.25, -0.2) is 14.6 Å². The average Bonchev–Trinajstić information content (AvgIpc) is 3.09. The van der Waals surface area contributed by atoms with Gasteiger partial charge in [0, 0.05) is 24.2 Å². The number of nitrogens with one attached hydrogen (secondary N) is 1. The van der Waals surface area contributed by atoms with E-state index in [2.05, 4.69) is 66.0 Å². The van der Waals surface area contributed by atoms with Crippen LogP contribution in [0.3, 0.4) is 0 Å². The van der Waals surface area contributed by atoms with E-state index in [4.69, 9.17) is 29.5 Å². The van der Waals surface area contributed by atoms with Crippen molar-refractivity contribution in [3.8, 4) is 28.3 Å². The van der Waals surface area contributed by atoms with Gasteiger partial charge in [0.25, 0.3) is 0 Å². The molecule has 4 rings (SSSR count). The van der Waals surface area contributed by atoms with Gasteiger partial charge in [0.1, 0.15) is 6.61 Å². The van der Waals surface area contributed by atoms with Crippen molar-refractivity contribution in [3.05, 3.63) is 72.3 Å². The summed E-state index contributed by atoms with van der Waals surface area (Å²) in [6.07, 6.45) is -10.2. The molecule has 7 nitrogen and oxygen atoms in total. The minimum atomic E-state index is -5.08. The maximum atomic E-state index is 10.6. The molecule has 0 bridgehead atoms. The Kier molecular flexibility index (Phi) is 10.0. The minimum absolute atomic E-state index is 0.660. The number of halogens is 6. The van der Waals surface area contributed by atoms with E-state index in [0.717, 1.165) is 35.8 Å². The predicted molar refractivity (Wildman–Crippen MR) is 120 cm³/mol. The first-order valence-electron chi connectivity index (χ1n) is 10.4. The van der Waals surface area contributed by atoms with Crippen molar-refractivity contribution in [1.29, 1.82) is 0 Å². The number of carboxylic acid groups (broad SMARTS) is 2. The summed E-state index contributed by atoms with van der Waals surface area (Å²) < 4.78 is 69.2. The lowest BCUT2D eigenvalue weighted by Gasteiger charge is -2.09. The van der Waals surface area contributed by atoms with Crippen molar-refractivity contribution >= 4 is 11.9 Å². The molecule has 3 aromatic rings. The number of aliphatic carboxylic acids is 2. The summed E-state index contributed by atoms with van der Waals surface area (Å²) in [5.41, 5.74) is 5.58. The van der Waals surface area contributed by atoms with Gasteiger partial charge >= 0.3 is 24.3 Å². The predicted octanol–water partition coefficient (Wildman–Crippen LogP) is 5.16. The van der Waals surface area contributed by atoms with Crippen LogP contribution in [0.5, 0.6) is 5.88 Å². The molecule has 0 spiro atoms. The molecule has 0 saturated heterocycles. The summed E-state index contributed by atoms with van der Waals surface area (Å²) in [6, 6.07) is 23.0. The Balaban J connectivity index is 0.000000286. The third kappa shape index (κ3) is 9.44. The van der Waals surface area contributed by atoms with Gasteiger partial charge in [-0.2, -0.15) is 26.3 Å². The molecule has 2 heterocycles. The summed E-state index contributed by atoms with van der Waals surface area (Å²) in [5.74, 6) is -4.77. The van der Waals surface area contributed by atoms with E-state index in [1.807, 2.05) is 6.07 Å². The van der Waals surface area contributed by atoms with E-state index in [1.165, 1.54) is 11.1 Å². The molecule has 1 aromatic heterocycles. The van der Waals surface area contributed by atoms with Crippen molar-refractivity contribution in [1.82, 2.24) is 10.3 Å². The van der Waals surface area contributed by atoms with Gasteiger partial charge < -0.3 is 20.3 Å². The lowest BCUT2D eigenvalue weighted by Crippen LogP contribution is -2.21. The number of aromatic nitrogens is 1. The number of hydrogen-bond donors (Lipinski definition) is 3. The third-order valence-electron chi connectivity index (χ3n) is 4.52. The highest BCUT2D eigenvalue weighted by molar-refractivity contribution is 5.73. The second-order valence-corrected chi connectivity index (χ2v) is 7.24. The monoisotopic (exact) mass is 530 g/mol. The Hall–Kier alpha value is -4.13. The zero-order chi connectivity index (χ0) is 27.6. The number of ether oxygens (including phenoxy) is 1. The number of carboxylic acids is 2. The molecular weight excluding hydrogens is 510 g/mol. The molecule has 3 N–H and O–H groups in total. The molecule has 37 heavy (non-hydrogen) atoms. The number of carbonyl (C=O) groups is 2. The zero-order valence-corrected chi connectivity index (χ0v) is 18.8. The van der Waals surface area contributed by atoms with E-state index in [-0.39, 0.29) is 0 Å². The van der Waals surface area contributed by atoms with Gasteiger partial charge in [-0.05, 0) is 23.3 Å². The summed E-state index contributed by atoms with van der Waals surface area (Å²) in [4.78, 5) is 22.5. The summed E-state index contributed by atoms with van der Waals surface area (Å²) in [5, 5.41) is 17.6. The fraction of sp³-hybridized carbons (Fsp3) is 0.208. The van der Waals surface area contributed by atoms with Gasteiger partial charge in [-0.3, -0.25) is 0 Å². The van der Waals surface area contributed by atoms with E-state index in [9.17, 15) is 26.3 Å². The molecule has 0 radical (unpaired) electrons. The van der Waals surface area contributed by atoms with Crippen molar-refractivity contribution in [3.63, 3.8) is 0 Å². The molecule has 0 fully saturated rings. The Bertz CT molecular complexity index is 1180. The number of hydrogen-bond acceptors (Lipinski definition) is 5. The molecule has 0 unspecified atom stereocenters. The van der Waals surface area contributed by atoms with Crippen LogP contribution in [0.25, 0.3) is 22.4 Å². The Morgan fingerprint density at radius 3 is 1.89 bits per heavy atom. The minimum Gasteiger partial charge on any atom is -0.476 e. The first-order valence-corrected chi connectivity index (χ1v) is 10.4. The number of fused-ring (bicyclic) bond motifs is 1.